The molecule has 0 saturated carbocycles. The monoisotopic (exact) mass is 418 g/mol. The van der Waals surface area contributed by atoms with Gasteiger partial charge in [0.15, 0.2) is 0 Å². The summed E-state index contributed by atoms with van der Waals surface area (Å²) in [6.45, 7) is -0.356. The summed E-state index contributed by atoms with van der Waals surface area (Å²) >= 11 is 0. The van der Waals surface area contributed by atoms with Crippen LogP contribution in [0.3, 0.4) is 0 Å². The third kappa shape index (κ3) is 4.52. The van der Waals surface area contributed by atoms with Crippen molar-refractivity contribution in [1.29, 1.82) is 0 Å². The van der Waals surface area contributed by atoms with Crippen LogP contribution in [0, 0.1) is 5.82 Å². The van der Waals surface area contributed by atoms with Crippen LogP contribution in [-0.4, -0.2) is 32.4 Å². The van der Waals surface area contributed by atoms with Crippen LogP contribution >= 0.6 is 0 Å². The van der Waals surface area contributed by atoms with Gasteiger partial charge in [0.25, 0.3) is 0 Å². The molecule has 0 bridgehead atoms. The number of sulfonamides is 1. The van der Waals surface area contributed by atoms with E-state index in [2.05, 4.69) is 4.72 Å². The maximum absolute atomic E-state index is 13.3. The second-order valence-electron chi connectivity index (χ2n) is 6.44. The largest absolute Gasteiger partial charge is 0.416 e. The van der Waals surface area contributed by atoms with E-state index in [-0.39, 0.29) is 18.7 Å². The Bertz CT molecular complexity index is 950. The van der Waals surface area contributed by atoms with E-state index in [1.54, 1.807) is 6.07 Å². The van der Waals surface area contributed by atoms with Crippen molar-refractivity contribution in [2.24, 2.45) is 0 Å². The average Bonchev–Trinajstić information content (AvgIpc) is 3.02. The van der Waals surface area contributed by atoms with E-state index in [1.165, 1.54) is 42.4 Å². The molecule has 1 saturated heterocycles. The Balaban J connectivity index is 1.84. The SMILES string of the molecule is CN1OC[C@@H](S(=O)(=O)NCc2cccc(F)c2)[C@H]1c1cccc(C(F)(F)F)c1. The van der Waals surface area contributed by atoms with Gasteiger partial charge < -0.3 is 0 Å². The lowest BCUT2D eigenvalue weighted by Gasteiger charge is -2.24. The Kier molecular flexibility index (Phi) is 5.76. The first-order chi connectivity index (χ1) is 13.1. The number of rotatable bonds is 5. The minimum absolute atomic E-state index is 0.143. The van der Waals surface area contributed by atoms with E-state index in [1.807, 2.05) is 0 Å². The zero-order valence-corrected chi connectivity index (χ0v) is 15.6. The Hall–Kier alpha value is -2.01. The Labute approximate surface area is 159 Å². The molecule has 2 aromatic rings. The first kappa shape index (κ1) is 20.7. The van der Waals surface area contributed by atoms with Crippen LogP contribution in [0.5, 0.6) is 0 Å². The summed E-state index contributed by atoms with van der Waals surface area (Å²) in [5.41, 5.74) is -0.267. The van der Waals surface area contributed by atoms with Crippen LogP contribution < -0.4 is 4.72 Å². The smallest absolute Gasteiger partial charge is 0.297 e. The zero-order chi connectivity index (χ0) is 20.5. The van der Waals surface area contributed by atoms with Crippen molar-refractivity contribution in [3.8, 4) is 0 Å². The molecule has 0 aliphatic carbocycles. The van der Waals surface area contributed by atoms with E-state index in [9.17, 15) is 26.0 Å². The predicted octanol–water partition coefficient (Wildman–Crippen LogP) is 3.25. The van der Waals surface area contributed by atoms with Crippen molar-refractivity contribution in [3.63, 3.8) is 0 Å². The van der Waals surface area contributed by atoms with Gasteiger partial charge >= 0.3 is 6.18 Å². The van der Waals surface area contributed by atoms with E-state index in [4.69, 9.17) is 4.84 Å². The normalized spacial score (nSPS) is 21.2. The van der Waals surface area contributed by atoms with Gasteiger partial charge in [-0.15, -0.1) is 0 Å². The van der Waals surface area contributed by atoms with Crippen molar-refractivity contribution in [3.05, 3.63) is 71.0 Å². The molecule has 5 nitrogen and oxygen atoms in total. The standard InChI is InChI=1S/C18H18F4N2O3S/c1-24-17(13-5-3-6-14(9-13)18(20,21)22)16(11-27-24)28(25,26)23-10-12-4-2-7-15(19)8-12/h2-9,16-17,23H,10-11H2,1H3/t16-,17-/m1/s1. The lowest BCUT2D eigenvalue weighted by molar-refractivity contribution is -0.138. The maximum atomic E-state index is 13.3. The summed E-state index contributed by atoms with van der Waals surface area (Å²) in [5.74, 6) is -0.498. The summed E-state index contributed by atoms with van der Waals surface area (Å²) < 4.78 is 80.2. The van der Waals surface area contributed by atoms with Gasteiger partial charge in [0, 0.05) is 13.6 Å². The first-order valence-corrected chi connectivity index (χ1v) is 9.88. The van der Waals surface area contributed by atoms with Gasteiger partial charge in [-0.3, -0.25) is 4.84 Å². The molecule has 0 unspecified atom stereocenters. The number of nitrogens with one attached hydrogen (secondary N) is 1. The summed E-state index contributed by atoms with van der Waals surface area (Å²) in [7, 11) is -2.50. The van der Waals surface area contributed by atoms with Gasteiger partial charge in [0.1, 0.15) is 11.1 Å². The topological polar surface area (TPSA) is 58.6 Å². The molecule has 0 amide bonds. The molecule has 152 valence electrons. The number of hydrogen-bond donors (Lipinski definition) is 1. The lowest BCUT2D eigenvalue weighted by atomic mass is 10.0. The van der Waals surface area contributed by atoms with Gasteiger partial charge in [-0.05, 0) is 35.4 Å². The average molecular weight is 418 g/mol. The number of nitrogens with zero attached hydrogens (tertiary/aromatic N) is 1. The molecule has 1 N–H and O–H groups in total. The zero-order valence-electron chi connectivity index (χ0n) is 14.8. The highest BCUT2D eigenvalue weighted by Crippen LogP contribution is 2.36. The van der Waals surface area contributed by atoms with Crippen molar-refractivity contribution in [1.82, 2.24) is 9.79 Å². The Morgan fingerprint density at radius 1 is 1.18 bits per heavy atom. The van der Waals surface area contributed by atoms with Crippen LogP contribution in [0.1, 0.15) is 22.7 Å². The third-order valence-electron chi connectivity index (χ3n) is 4.51. The summed E-state index contributed by atoms with van der Waals surface area (Å²) in [5, 5.41) is 0.108. The maximum Gasteiger partial charge on any atom is 0.416 e. The second-order valence-corrected chi connectivity index (χ2v) is 8.43. The van der Waals surface area contributed by atoms with Crippen LogP contribution in [-0.2, 0) is 27.6 Å². The molecule has 1 aliphatic rings. The number of hydroxylamine groups is 2. The van der Waals surface area contributed by atoms with Crippen LogP contribution in [0.4, 0.5) is 17.6 Å². The van der Waals surface area contributed by atoms with Gasteiger partial charge in [-0.25, -0.2) is 17.5 Å². The highest BCUT2D eigenvalue weighted by atomic mass is 32.2. The number of benzene rings is 2. The van der Waals surface area contributed by atoms with Crippen molar-refractivity contribution in [2.75, 3.05) is 13.7 Å². The van der Waals surface area contributed by atoms with Crippen molar-refractivity contribution < 1.29 is 30.8 Å². The third-order valence-corrected chi connectivity index (χ3v) is 6.24. The first-order valence-electron chi connectivity index (χ1n) is 8.34. The van der Waals surface area contributed by atoms with Gasteiger partial charge in [0.2, 0.25) is 10.0 Å². The quantitative estimate of drug-likeness (QED) is 0.758. The molecule has 28 heavy (non-hydrogen) atoms. The molecule has 2 aromatic carbocycles. The van der Waals surface area contributed by atoms with Crippen LogP contribution in [0.2, 0.25) is 0 Å². The molecular weight excluding hydrogens is 400 g/mol. The van der Waals surface area contributed by atoms with Crippen molar-refractivity contribution >= 4 is 10.0 Å². The summed E-state index contributed by atoms with van der Waals surface area (Å²) in [4.78, 5) is 5.29. The molecule has 3 rings (SSSR count). The second kappa shape index (κ2) is 7.78. The Morgan fingerprint density at radius 3 is 2.57 bits per heavy atom. The van der Waals surface area contributed by atoms with E-state index < -0.39 is 38.9 Å². The van der Waals surface area contributed by atoms with E-state index >= 15 is 0 Å². The minimum atomic E-state index is -4.54. The summed E-state index contributed by atoms with van der Waals surface area (Å²) in [6, 6.07) is 9.03. The number of alkyl halides is 3. The highest BCUT2D eigenvalue weighted by Gasteiger charge is 2.43. The van der Waals surface area contributed by atoms with Gasteiger partial charge in [0.05, 0.1) is 18.2 Å². The predicted molar refractivity (Wildman–Crippen MR) is 93.8 cm³/mol. The van der Waals surface area contributed by atoms with E-state index in [0.717, 1.165) is 12.1 Å². The Morgan fingerprint density at radius 2 is 1.89 bits per heavy atom. The molecule has 0 radical (unpaired) electrons. The van der Waals surface area contributed by atoms with Gasteiger partial charge in [-0.2, -0.15) is 18.2 Å². The minimum Gasteiger partial charge on any atom is -0.297 e. The number of hydrogen-bond acceptors (Lipinski definition) is 4. The molecule has 1 fully saturated rings. The fraction of sp³-hybridized carbons (Fsp3) is 0.333. The molecule has 2 atom stereocenters. The molecule has 0 aromatic heterocycles. The molecular formula is C18H18F4N2O3S. The molecule has 1 aliphatic heterocycles. The molecule has 10 heteroatoms. The fourth-order valence-corrected chi connectivity index (χ4v) is 4.61. The molecule has 0 spiro atoms. The fourth-order valence-electron chi connectivity index (χ4n) is 3.12. The summed E-state index contributed by atoms with van der Waals surface area (Å²) in [6.07, 6.45) is -4.54. The van der Waals surface area contributed by atoms with Crippen molar-refractivity contribution in [2.45, 2.75) is 24.0 Å². The van der Waals surface area contributed by atoms with Gasteiger partial charge in [-0.1, -0.05) is 24.3 Å². The van der Waals surface area contributed by atoms with Crippen LogP contribution in [0.25, 0.3) is 0 Å². The number of halogens is 4. The van der Waals surface area contributed by atoms with Crippen LogP contribution in [0.15, 0.2) is 48.5 Å². The highest BCUT2D eigenvalue weighted by molar-refractivity contribution is 7.90. The lowest BCUT2D eigenvalue weighted by Crippen LogP contribution is -2.39. The molecule has 1 heterocycles. The van der Waals surface area contributed by atoms with E-state index in [0.29, 0.717) is 5.56 Å².